The van der Waals surface area contributed by atoms with Crippen LogP contribution in [0.2, 0.25) is 0 Å². The zero-order chi connectivity index (χ0) is 17.9. The molecule has 9 nitrogen and oxygen atoms in total. The summed E-state index contributed by atoms with van der Waals surface area (Å²) < 4.78 is 37.2. The molecule has 24 heavy (non-hydrogen) atoms. The summed E-state index contributed by atoms with van der Waals surface area (Å²) in [5.74, 6) is 0.106. The Labute approximate surface area is 137 Å². The van der Waals surface area contributed by atoms with Crippen molar-refractivity contribution in [2.24, 2.45) is 0 Å². The monoisotopic (exact) mass is 354 g/mol. The summed E-state index contributed by atoms with van der Waals surface area (Å²) in [5, 5.41) is 20.2. The lowest BCUT2D eigenvalue weighted by atomic mass is 10.3. The first-order chi connectivity index (χ1) is 11.3. The number of rotatable bonds is 6. The number of benzene rings is 2. The molecule has 2 rings (SSSR count). The molecule has 0 heterocycles. The number of phenolic OH excluding ortho intramolecular Hbond substituents is 1. The lowest BCUT2D eigenvalue weighted by Crippen LogP contribution is -2.13. The quantitative estimate of drug-likeness (QED) is 0.600. The van der Waals surface area contributed by atoms with Crippen LogP contribution in [0.3, 0.4) is 0 Å². The van der Waals surface area contributed by atoms with Gasteiger partial charge in [-0.2, -0.15) is 0 Å². The fourth-order valence-electron chi connectivity index (χ4n) is 1.90. The highest BCUT2D eigenvalue weighted by Gasteiger charge is 2.21. The van der Waals surface area contributed by atoms with Gasteiger partial charge in [0.2, 0.25) is 0 Å². The average molecular weight is 354 g/mol. The number of nitro benzene ring substituents is 1. The van der Waals surface area contributed by atoms with E-state index in [0.29, 0.717) is 11.5 Å². The molecular weight excluding hydrogens is 340 g/mol. The van der Waals surface area contributed by atoms with E-state index >= 15 is 0 Å². The second-order valence-electron chi connectivity index (χ2n) is 4.61. The van der Waals surface area contributed by atoms with Crippen LogP contribution in [0.5, 0.6) is 17.2 Å². The lowest BCUT2D eigenvalue weighted by molar-refractivity contribution is -0.386. The minimum Gasteiger partial charge on any atom is -0.502 e. The van der Waals surface area contributed by atoms with E-state index in [2.05, 4.69) is 4.72 Å². The zero-order valence-corrected chi connectivity index (χ0v) is 13.5. The summed E-state index contributed by atoms with van der Waals surface area (Å²) in [6.45, 7) is 0. The van der Waals surface area contributed by atoms with Crippen molar-refractivity contribution in [2.75, 3.05) is 18.9 Å². The van der Waals surface area contributed by atoms with E-state index in [0.717, 1.165) is 18.2 Å². The Morgan fingerprint density at radius 2 is 1.67 bits per heavy atom. The minimum atomic E-state index is -4.11. The molecule has 2 aromatic carbocycles. The van der Waals surface area contributed by atoms with E-state index in [-0.39, 0.29) is 10.6 Å². The van der Waals surface area contributed by atoms with Crippen LogP contribution in [0.1, 0.15) is 0 Å². The van der Waals surface area contributed by atoms with Crippen LogP contribution < -0.4 is 14.2 Å². The predicted molar refractivity (Wildman–Crippen MR) is 85.1 cm³/mol. The van der Waals surface area contributed by atoms with Crippen LogP contribution in [-0.2, 0) is 10.0 Å². The largest absolute Gasteiger partial charge is 0.502 e. The molecule has 0 amide bonds. The van der Waals surface area contributed by atoms with Crippen molar-refractivity contribution in [1.82, 2.24) is 0 Å². The summed E-state index contributed by atoms with van der Waals surface area (Å²) in [6.07, 6.45) is 0. The number of sulfonamides is 1. The summed E-state index contributed by atoms with van der Waals surface area (Å²) in [7, 11) is -1.29. The van der Waals surface area contributed by atoms with Crippen LogP contribution >= 0.6 is 0 Å². The van der Waals surface area contributed by atoms with Gasteiger partial charge in [0.05, 0.1) is 29.7 Å². The maximum absolute atomic E-state index is 12.4. The molecule has 0 spiro atoms. The van der Waals surface area contributed by atoms with E-state index < -0.39 is 26.4 Å². The van der Waals surface area contributed by atoms with Crippen molar-refractivity contribution >= 4 is 21.4 Å². The van der Waals surface area contributed by atoms with Gasteiger partial charge in [0.25, 0.3) is 10.0 Å². The third kappa shape index (κ3) is 3.66. The molecule has 128 valence electrons. The van der Waals surface area contributed by atoms with Gasteiger partial charge in [0.1, 0.15) is 11.5 Å². The fraction of sp³-hybridized carbons (Fsp3) is 0.143. The highest BCUT2D eigenvalue weighted by molar-refractivity contribution is 7.92. The summed E-state index contributed by atoms with van der Waals surface area (Å²) in [5.41, 5.74) is -0.553. The Balaban J connectivity index is 2.42. The second-order valence-corrected chi connectivity index (χ2v) is 6.30. The Hall–Kier alpha value is -3.01. The first kappa shape index (κ1) is 17.3. The summed E-state index contributed by atoms with van der Waals surface area (Å²) in [6, 6.07) is 7.18. The topological polar surface area (TPSA) is 128 Å². The third-order valence-corrected chi connectivity index (χ3v) is 4.44. The highest BCUT2D eigenvalue weighted by atomic mass is 32.2. The van der Waals surface area contributed by atoms with Crippen molar-refractivity contribution in [2.45, 2.75) is 4.90 Å². The molecule has 0 aliphatic heterocycles. The van der Waals surface area contributed by atoms with E-state index in [1.165, 1.54) is 26.4 Å². The van der Waals surface area contributed by atoms with Crippen molar-refractivity contribution in [3.05, 3.63) is 46.5 Å². The van der Waals surface area contributed by atoms with Gasteiger partial charge in [-0.3, -0.25) is 14.8 Å². The van der Waals surface area contributed by atoms with Crippen LogP contribution in [0, 0.1) is 10.1 Å². The minimum absolute atomic E-state index is 0.155. The number of nitrogens with one attached hydrogen (secondary N) is 1. The number of ether oxygens (including phenoxy) is 2. The Morgan fingerprint density at radius 1 is 1.08 bits per heavy atom. The van der Waals surface area contributed by atoms with E-state index in [4.69, 9.17) is 9.47 Å². The molecule has 10 heteroatoms. The average Bonchev–Trinajstić information content (AvgIpc) is 2.53. The molecule has 0 aromatic heterocycles. The molecule has 2 aromatic rings. The standard InChI is InChI=1S/C14H14N2O7S/c1-22-10-5-9(6-11(7-10)23-2)15-24(20,21)12-3-4-14(17)13(8-12)16(18)19/h3-8,15,17H,1-2H3. The maximum atomic E-state index is 12.4. The van der Waals surface area contributed by atoms with Gasteiger partial charge in [-0.25, -0.2) is 8.42 Å². The molecule has 0 aliphatic rings. The number of hydrogen-bond acceptors (Lipinski definition) is 7. The normalized spacial score (nSPS) is 10.9. The van der Waals surface area contributed by atoms with Gasteiger partial charge in [0.15, 0.2) is 5.75 Å². The first-order valence-electron chi connectivity index (χ1n) is 6.50. The van der Waals surface area contributed by atoms with Crippen molar-refractivity contribution in [3.8, 4) is 17.2 Å². The van der Waals surface area contributed by atoms with E-state index in [1.54, 1.807) is 6.07 Å². The van der Waals surface area contributed by atoms with Gasteiger partial charge >= 0.3 is 5.69 Å². The lowest BCUT2D eigenvalue weighted by Gasteiger charge is -2.11. The molecule has 0 saturated carbocycles. The maximum Gasteiger partial charge on any atom is 0.312 e. The number of nitro groups is 1. The number of aromatic hydroxyl groups is 1. The highest BCUT2D eigenvalue weighted by Crippen LogP contribution is 2.31. The second kappa shape index (κ2) is 6.62. The first-order valence-corrected chi connectivity index (χ1v) is 7.98. The van der Waals surface area contributed by atoms with Crippen LogP contribution in [0.4, 0.5) is 11.4 Å². The molecule has 2 N–H and O–H groups in total. The molecular formula is C14H14N2O7S. The third-order valence-electron chi connectivity index (χ3n) is 3.06. The molecule has 0 aliphatic carbocycles. The van der Waals surface area contributed by atoms with Crippen molar-refractivity contribution in [3.63, 3.8) is 0 Å². The predicted octanol–water partition coefficient (Wildman–Crippen LogP) is 2.12. The zero-order valence-electron chi connectivity index (χ0n) is 12.7. The van der Waals surface area contributed by atoms with E-state index in [9.17, 15) is 23.6 Å². The Kier molecular flexibility index (Phi) is 4.79. The number of phenols is 1. The van der Waals surface area contributed by atoms with Crippen LogP contribution in [0.25, 0.3) is 0 Å². The number of nitrogens with zero attached hydrogens (tertiary/aromatic N) is 1. The van der Waals surface area contributed by atoms with Gasteiger partial charge in [-0.1, -0.05) is 0 Å². The Morgan fingerprint density at radius 3 is 2.17 bits per heavy atom. The summed E-state index contributed by atoms with van der Waals surface area (Å²) >= 11 is 0. The van der Waals surface area contributed by atoms with E-state index in [1.807, 2.05) is 0 Å². The molecule has 0 fully saturated rings. The molecule has 0 bridgehead atoms. The van der Waals surface area contributed by atoms with Crippen molar-refractivity contribution < 1.29 is 27.9 Å². The number of methoxy groups -OCH3 is 2. The van der Waals surface area contributed by atoms with Gasteiger partial charge in [-0.15, -0.1) is 0 Å². The molecule has 0 radical (unpaired) electrons. The molecule has 0 saturated heterocycles. The van der Waals surface area contributed by atoms with Crippen molar-refractivity contribution in [1.29, 1.82) is 0 Å². The van der Waals surface area contributed by atoms with Crippen LogP contribution in [-0.4, -0.2) is 32.7 Å². The Bertz CT molecular complexity index is 858. The van der Waals surface area contributed by atoms with Crippen LogP contribution in [0.15, 0.2) is 41.3 Å². The van der Waals surface area contributed by atoms with Gasteiger partial charge in [-0.05, 0) is 12.1 Å². The number of anilines is 1. The number of hydrogen-bond donors (Lipinski definition) is 2. The fourth-order valence-corrected chi connectivity index (χ4v) is 2.96. The smallest absolute Gasteiger partial charge is 0.312 e. The SMILES string of the molecule is COc1cc(NS(=O)(=O)c2ccc(O)c([N+](=O)[O-])c2)cc(OC)c1. The molecule has 0 atom stereocenters. The summed E-state index contributed by atoms with van der Waals surface area (Å²) in [4.78, 5) is 9.58. The van der Waals surface area contributed by atoms with Gasteiger partial charge in [0, 0.05) is 24.3 Å². The molecule has 0 unspecified atom stereocenters. The van der Waals surface area contributed by atoms with Gasteiger partial charge < -0.3 is 14.6 Å².